The maximum Gasteiger partial charge on any atom is 0.418 e. The molecule has 0 atom stereocenters. The van der Waals surface area contributed by atoms with Gasteiger partial charge in [-0.15, -0.1) is 0 Å². The van der Waals surface area contributed by atoms with Crippen LogP contribution in [0.2, 0.25) is 0 Å². The van der Waals surface area contributed by atoms with Gasteiger partial charge in [-0.25, -0.2) is 8.42 Å². The largest absolute Gasteiger partial charge is 0.418 e. The van der Waals surface area contributed by atoms with Crippen LogP contribution in [0.5, 0.6) is 0 Å². The highest BCUT2D eigenvalue weighted by Gasteiger charge is 2.35. The number of nitrogen functional groups attached to an aromatic ring is 1. The van der Waals surface area contributed by atoms with E-state index in [-0.39, 0.29) is 4.90 Å². The van der Waals surface area contributed by atoms with Crippen molar-refractivity contribution in [3.63, 3.8) is 0 Å². The number of anilines is 2. The molecule has 0 unspecified atom stereocenters. The molecule has 0 saturated carbocycles. The zero-order chi connectivity index (χ0) is 21.1. The van der Waals surface area contributed by atoms with Gasteiger partial charge in [-0.2, -0.15) is 13.2 Å². The van der Waals surface area contributed by atoms with E-state index in [1.165, 1.54) is 7.11 Å². The zero-order valence-corrected chi connectivity index (χ0v) is 16.7. The number of likely N-dealkylation sites (N-methyl/N-ethyl adjacent to an activating group) is 1. The molecule has 2 rings (SSSR count). The van der Waals surface area contributed by atoms with Crippen LogP contribution in [0.4, 0.5) is 24.5 Å². The van der Waals surface area contributed by atoms with Crippen molar-refractivity contribution in [1.29, 1.82) is 0 Å². The van der Waals surface area contributed by atoms with Crippen LogP contribution in [-0.4, -0.2) is 35.2 Å². The molecule has 2 N–H and O–H groups in total. The second-order valence-corrected chi connectivity index (χ2v) is 8.13. The molecule has 0 aliphatic carbocycles. The van der Waals surface area contributed by atoms with E-state index in [2.05, 4.69) is 0 Å². The van der Waals surface area contributed by atoms with E-state index in [0.717, 1.165) is 12.1 Å². The first-order valence-corrected chi connectivity index (χ1v) is 10.1. The minimum atomic E-state index is -4.75. The van der Waals surface area contributed by atoms with Gasteiger partial charge in [0, 0.05) is 25.9 Å². The van der Waals surface area contributed by atoms with Gasteiger partial charge in [0.2, 0.25) is 9.84 Å². The molecular formula is C19H23F3N2O3S. The number of ether oxygens (including phenoxy) is 1. The third kappa shape index (κ3) is 4.41. The van der Waals surface area contributed by atoms with Crippen LogP contribution in [0, 0.1) is 6.92 Å². The normalized spacial score (nSPS) is 12.2. The van der Waals surface area contributed by atoms with Crippen molar-refractivity contribution in [2.45, 2.75) is 29.8 Å². The minimum Gasteiger partial charge on any atom is -0.398 e. The third-order valence-corrected chi connectivity index (χ3v) is 6.33. The Bertz CT molecular complexity index is 944. The molecule has 0 radical (unpaired) electrons. The lowest BCUT2D eigenvalue weighted by Gasteiger charge is -2.26. The van der Waals surface area contributed by atoms with Gasteiger partial charge in [-0.05, 0) is 43.7 Å². The SMILES string of the molecule is CCN(CCOC)c1cccc(C)c1S(=O)(=O)c1ccc(N)c(C(F)(F)F)c1. The zero-order valence-electron chi connectivity index (χ0n) is 15.9. The summed E-state index contributed by atoms with van der Waals surface area (Å²) in [6, 6.07) is 7.62. The van der Waals surface area contributed by atoms with E-state index in [1.54, 1.807) is 25.1 Å². The predicted octanol–water partition coefficient (Wildman–Crippen LogP) is 3.90. The highest BCUT2D eigenvalue weighted by molar-refractivity contribution is 7.91. The summed E-state index contributed by atoms with van der Waals surface area (Å²) < 4.78 is 71.3. The van der Waals surface area contributed by atoms with Crippen LogP contribution in [0.15, 0.2) is 46.2 Å². The van der Waals surface area contributed by atoms with E-state index in [0.29, 0.717) is 37.0 Å². The Hall–Kier alpha value is -2.26. The van der Waals surface area contributed by atoms with Crippen LogP contribution in [0.3, 0.4) is 0 Å². The van der Waals surface area contributed by atoms with Crippen molar-refractivity contribution < 1.29 is 26.3 Å². The average Bonchev–Trinajstić information content (AvgIpc) is 2.61. The smallest absolute Gasteiger partial charge is 0.398 e. The summed E-state index contributed by atoms with van der Waals surface area (Å²) in [4.78, 5) is 1.34. The van der Waals surface area contributed by atoms with Crippen LogP contribution in [0.25, 0.3) is 0 Å². The van der Waals surface area contributed by atoms with Crippen molar-refractivity contribution >= 4 is 21.2 Å². The number of nitrogens with two attached hydrogens (primary N) is 1. The number of aryl methyl sites for hydroxylation is 1. The first kappa shape index (κ1) is 22.0. The van der Waals surface area contributed by atoms with Crippen LogP contribution < -0.4 is 10.6 Å². The lowest BCUT2D eigenvalue weighted by atomic mass is 10.2. The van der Waals surface area contributed by atoms with E-state index < -0.39 is 32.2 Å². The molecule has 0 amide bonds. The van der Waals surface area contributed by atoms with E-state index in [1.807, 2.05) is 11.8 Å². The van der Waals surface area contributed by atoms with Gasteiger partial charge in [0.05, 0.1) is 27.6 Å². The van der Waals surface area contributed by atoms with Crippen LogP contribution in [0.1, 0.15) is 18.1 Å². The molecule has 0 bridgehead atoms. The minimum absolute atomic E-state index is 0.0224. The molecule has 0 spiro atoms. The van der Waals surface area contributed by atoms with Gasteiger partial charge >= 0.3 is 6.18 Å². The Kier molecular flexibility index (Phi) is 6.61. The van der Waals surface area contributed by atoms with Crippen LogP contribution in [-0.2, 0) is 20.8 Å². The van der Waals surface area contributed by atoms with Gasteiger partial charge in [0.1, 0.15) is 0 Å². The van der Waals surface area contributed by atoms with Gasteiger partial charge in [0.15, 0.2) is 0 Å². The summed E-state index contributed by atoms with van der Waals surface area (Å²) in [5.74, 6) is 0. The molecule has 9 heteroatoms. The Labute approximate surface area is 162 Å². The molecule has 5 nitrogen and oxygen atoms in total. The Morgan fingerprint density at radius 3 is 2.43 bits per heavy atom. The first-order chi connectivity index (χ1) is 13.0. The van der Waals surface area contributed by atoms with E-state index in [4.69, 9.17) is 10.5 Å². The summed E-state index contributed by atoms with van der Waals surface area (Å²) in [6.07, 6.45) is -4.75. The summed E-state index contributed by atoms with van der Waals surface area (Å²) in [5.41, 5.74) is 4.58. The Balaban J connectivity index is 2.67. The fourth-order valence-corrected chi connectivity index (χ4v) is 4.67. The van der Waals surface area contributed by atoms with Crippen molar-refractivity contribution in [2.24, 2.45) is 0 Å². The molecule has 154 valence electrons. The van der Waals surface area contributed by atoms with Crippen molar-refractivity contribution in [2.75, 3.05) is 37.4 Å². The number of benzene rings is 2. The van der Waals surface area contributed by atoms with Crippen molar-refractivity contribution in [3.8, 4) is 0 Å². The van der Waals surface area contributed by atoms with Crippen LogP contribution >= 0.6 is 0 Å². The van der Waals surface area contributed by atoms with Gasteiger partial charge in [-0.1, -0.05) is 12.1 Å². The van der Waals surface area contributed by atoms with Gasteiger partial charge < -0.3 is 15.4 Å². The second kappa shape index (κ2) is 8.40. The lowest BCUT2D eigenvalue weighted by molar-refractivity contribution is -0.137. The quantitative estimate of drug-likeness (QED) is 0.693. The molecular weight excluding hydrogens is 393 g/mol. The standard InChI is InChI=1S/C19H23F3N2O3S/c1-4-24(10-11-27-3)17-7-5-6-13(2)18(17)28(25,26)14-8-9-16(23)15(12-14)19(20,21)22/h5-9,12H,4,10-11,23H2,1-3H3. The number of hydrogen-bond donors (Lipinski definition) is 1. The highest BCUT2D eigenvalue weighted by atomic mass is 32.2. The molecule has 2 aromatic rings. The Morgan fingerprint density at radius 2 is 1.86 bits per heavy atom. The number of hydrogen-bond acceptors (Lipinski definition) is 5. The number of methoxy groups -OCH3 is 1. The topological polar surface area (TPSA) is 72.6 Å². The van der Waals surface area contributed by atoms with Gasteiger partial charge in [0.25, 0.3) is 0 Å². The fraction of sp³-hybridized carbons (Fsp3) is 0.368. The number of sulfone groups is 1. The summed E-state index contributed by atoms with van der Waals surface area (Å²) in [6.45, 7) is 4.79. The third-order valence-electron chi connectivity index (χ3n) is 4.39. The molecule has 0 heterocycles. The van der Waals surface area contributed by atoms with Crippen molar-refractivity contribution in [1.82, 2.24) is 0 Å². The maximum absolute atomic E-state index is 13.3. The van der Waals surface area contributed by atoms with Gasteiger partial charge in [-0.3, -0.25) is 0 Å². The summed E-state index contributed by atoms with van der Waals surface area (Å²) >= 11 is 0. The number of alkyl halides is 3. The van der Waals surface area contributed by atoms with E-state index in [9.17, 15) is 21.6 Å². The molecule has 2 aromatic carbocycles. The van der Waals surface area contributed by atoms with E-state index >= 15 is 0 Å². The number of rotatable bonds is 7. The fourth-order valence-electron chi connectivity index (χ4n) is 2.95. The molecule has 0 aliphatic heterocycles. The first-order valence-electron chi connectivity index (χ1n) is 8.59. The monoisotopic (exact) mass is 416 g/mol. The average molecular weight is 416 g/mol. The molecule has 0 aromatic heterocycles. The molecule has 0 saturated heterocycles. The summed E-state index contributed by atoms with van der Waals surface area (Å²) in [5, 5.41) is 0. The molecule has 0 aliphatic rings. The Morgan fingerprint density at radius 1 is 1.18 bits per heavy atom. The lowest BCUT2D eigenvalue weighted by Crippen LogP contribution is -2.28. The molecule has 0 fully saturated rings. The van der Waals surface area contributed by atoms with Crippen molar-refractivity contribution in [3.05, 3.63) is 47.5 Å². The maximum atomic E-state index is 13.3. The highest BCUT2D eigenvalue weighted by Crippen LogP contribution is 2.38. The predicted molar refractivity (Wildman–Crippen MR) is 102 cm³/mol. The summed E-state index contributed by atoms with van der Waals surface area (Å²) in [7, 11) is -2.68. The number of halogens is 3. The number of nitrogens with zero attached hydrogens (tertiary/aromatic N) is 1. The molecule has 28 heavy (non-hydrogen) atoms. The second-order valence-electron chi connectivity index (χ2n) is 6.25.